The van der Waals surface area contributed by atoms with Crippen LogP contribution in [0, 0.1) is 11.6 Å². The molecule has 9 heteroatoms. The van der Waals surface area contributed by atoms with Crippen LogP contribution in [0.3, 0.4) is 0 Å². The molecule has 0 saturated heterocycles. The summed E-state index contributed by atoms with van der Waals surface area (Å²) in [5, 5.41) is 11.3. The lowest BCUT2D eigenvalue weighted by Gasteiger charge is -2.06. The molecule has 4 aromatic heterocycles. The molecule has 0 amide bonds. The summed E-state index contributed by atoms with van der Waals surface area (Å²) in [6, 6.07) is 9.31. The van der Waals surface area contributed by atoms with Gasteiger partial charge in [0.1, 0.15) is 5.69 Å². The van der Waals surface area contributed by atoms with E-state index in [9.17, 15) is 8.78 Å². The monoisotopic (exact) mass is 417 g/mol. The van der Waals surface area contributed by atoms with Crippen molar-refractivity contribution in [1.82, 2.24) is 29.9 Å². The molecule has 4 heterocycles. The van der Waals surface area contributed by atoms with Gasteiger partial charge < -0.3 is 5.73 Å². The summed E-state index contributed by atoms with van der Waals surface area (Å²) in [5.74, 6) is -1.83. The summed E-state index contributed by atoms with van der Waals surface area (Å²) in [6.07, 6.45) is 7.13. The molecule has 0 saturated carbocycles. The Labute approximate surface area is 175 Å². The first-order chi connectivity index (χ1) is 15.1. The van der Waals surface area contributed by atoms with Gasteiger partial charge in [0.2, 0.25) is 0 Å². The van der Waals surface area contributed by atoms with Crippen LogP contribution in [0.5, 0.6) is 0 Å². The average molecular weight is 417 g/mol. The van der Waals surface area contributed by atoms with Crippen molar-refractivity contribution in [2.75, 3.05) is 6.54 Å². The number of halogens is 2. The lowest BCUT2D eigenvalue weighted by molar-refractivity contribution is 0.509. The summed E-state index contributed by atoms with van der Waals surface area (Å²) < 4.78 is 28.8. The Morgan fingerprint density at radius 3 is 2.68 bits per heavy atom. The Bertz CT molecular complexity index is 1390. The molecule has 7 nitrogen and oxygen atoms in total. The van der Waals surface area contributed by atoms with Crippen molar-refractivity contribution in [2.24, 2.45) is 5.73 Å². The van der Waals surface area contributed by atoms with Crippen LogP contribution in [0.4, 0.5) is 8.78 Å². The van der Waals surface area contributed by atoms with Gasteiger partial charge in [-0.3, -0.25) is 14.8 Å². The van der Waals surface area contributed by atoms with Crippen LogP contribution in [0.25, 0.3) is 44.7 Å². The maximum Gasteiger partial charge on any atom is 0.159 e. The predicted molar refractivity (Wildman–Crippen MR) is 113 cm³/mol. The molecule has 0 aliphatic rings. The lowest BCUT2D eigenvalue weighted by Crippen LogP contribution is -2.09. The molecular weight excluding hydrogens is 400 g/mol. The number of pyridine rings is 2. The van der Waals surface area contributed by atoms with Gasteiger partial charge in [0, 0.05) is 47.4 Å². The van der Waals surface area contributed by atoms with Crippen molar-refractivity contribution in [3.8, 4) is 33.6 Å². The SMILES string of the molecule is NCCn1cc(-c2cnc3ccc(-c4c[nH]nc4-c4ccc(F)c(F)c4)nc3c2)cn1. The van der Waals surface area contributed by atoms with Crippen LogP contribution in [0.2, 0.25) is 0 Å². The van der Waals surface area contributed by atoms with Crippen molar-refractivity contribution in [3.05, 3.63) is 72.8 Å². The van der Waals surface area contributed by atoms with E-state index >= 15 is 0 Å². The van der Waals surface area contributed by atoms with Gasteiger partial charge >= 0.3 is 0 Å². The second-order valence-electron chi connectivity index (χ2n) is 7.02. The molecule has 0 aliphatic carbocycles. The number of benzene rings is 1. The molecule has 5 rings (SSSR count). The zero-order valence-corrected chi connectivity index (χ0v) is 16.3. The largest absolute Gasteiger partial charge is 0.329 e. The van der Waals surface area contributed by atoms with Gasteiger partial charge in [-0.1, -0.05) is 0 Å². The Balaban J connectivity index is 1.55. The number of aromatic nitrogens is 6. The van der Waals surface area contributed by atoms with Gasteiger partial charge in [-0.2, -0.15) is 10.2 Å². The third-order valence-corrected chi connectivity index (χ3v) is 4.97. The molecule has 154 valence electrons. The molecule has 5 aromatic rings. The number of rotatable bonds is 5. The number of aromatic amines is 1. The molecule has 31 heavy (non-hydrogen) atoms. The fourth-order valence-corrected chi connectivity index (χ4v) is 3.43. The van der Waals surface area contributed by atoms with Gasteiger partial charge in [-0.25, -0.2) is 13.8 Å². The van der Waals surface area contributed by atoms with Crippen LogP contribution in [0.15, 0.2) is 61.2 Å². The van der Waals surface area contributed by atoms with Crippen LogP contribution < -0.4 is 5.73 Å². The van der Waals surface area contributed by atoms with Gasteiger partial charge in [0.25, 0.3) is 0 Å². The summed E-state index contributed by atoms with van der Waals surface area (Å²) in [4.78, 5) is 9.23. The van der Waals surface area contributed by atoms with E-state index < -0.39 is 11.6 Å². The Morgan fingerprint density at radius 2 is 1.84 bits per heavy atom. The first kappa shape index (κ1) is 19.0. The molecule has 0 spiro atoms. The maximum absolute atomic E-state index is 13.7. The van der Waals surface area contributed by atoms with E-state index in [0.717, 1.165) is 28.8 Å². The number of hydrogen-bond donors (Lipinski definition) is 2. The van der Waals surface area contributed by atoms with Crippen LogP contribution >= 0.6 is 0 Å². The summed E-state index contributed by atoms with van der Waals surface area (Å²) in [5.41, 5.74) is 11.1. The van der Waals surface area contributed by atoms with Gasteiger partial charge in [0.05, 0.1) is 29.5 Å². The Morgan fingerprint density at radius 1 is 0.935 bits per heavy atom. The van der Waals surface area contributed by atoms with Crippen molar-refractivity contribution in [2.45, 2.75) is 6.54 Å². The second-order valence-corrected chi connectivity index (χ2v) is 7.02. The normalized spacial score (nSPS) is 11.3. The number of H-pyrrole nitrogens is 1. The van der Waals surface area contributed by atoms with Crippen LogP contribution in [-0.4, -0.2) is 36.5 Å². The van der Waals surface area contributed by atoms with E-state index in [-0.39, 0.29) is 0 Å². The highest BCUT2D eigenvalue weighted by Crippen LogP contribution is 2.31. The molecular formula is C22H17F2N7. The Hall–Kier alpha value is -3.98. The minimum absolute atomic E-state index is 0.455. The number of nitrogens with one attached hydrogen (secondary N) is 1. The molecule has 0 aliphatic heterocycles. The predicted octanol–water partition coefficient (Wildman–Crippen LogP) is 3.79. The molecule has 0 atom stereocenters. The van der Waals surface area contributed by atoms with Crippen molar-refractivity contribution < 1.29 is 8.78 Å². The second kappa shape index (κ2) is 7.69. The molecule has 0 radical (unpaired) electrons. The summed E-state index contributed by atoms with van der Waals surface area (Å²) in [7, 11) is 0. The summed E-state index contributed by atoms with van der Waals surface area (Å²) in [6.45, 7) is 1.14. The van der Waals surface area contributed by atoms with E-state index in [1.165, 1.54) is 6.07 Å². The van der Waals surface area contributed by atoms with E-state index in [0.29, 0.717) is 41.1 Å². The van der Waals surface area contributed by atoms with Crippen LogP contribution in [-0.2, 0) is 6.54 Å². The van der Waals surface area contributed by atoms with Crippen LogP contribution in [0.1, 0.15) is 0 Å². The average Bonchev–Trinajstić information content (AvgIpc) is 3.45. The topological polar surface area (TPSA) is 98.3 Å². The third-order valence-electron chi connectivity index (χ3n) is 4.97. The molecule has 3 N–H and O–H groups in total. The first-order valence-corrected chi connectivity index (χ1v) is 9.61. The minimum atomic E-state index is -0.929. The van der Waals surface area contributed by atoms with E-state index in [2.05, 4.69) is 20.3 Å². The minimum Gasteiger partial charge on any atom is -0.329 e. The lowest BCUT2D eigenvalue weighted by atomic mass is 10.0. The molecule has 0 unspecified atom stereocenters. The summed E-state index contributed by atoms with van der Waals surface area (Å²) >= 11 is 0. The highest BCUT2D eigenvalue weighted by molar-refractivity contribution is 5.85. The smallest absolute Gasteiger partial charge is 0.159 e. The third kappa shape index (κ3) is 3.55. The zero-order chi connectivity index (χ0) is 21.4. The number of fused-ring (bicyclic) bond motifs is 1. The quantitative estimate of drug-likeness (QED) is 0.453. The maximum atomic E-state index is 13.7. The zero-order valence-electron chi connectivity index (χ0n) is 16.3. The molecule has 0 bridgehead atoms. The molecule has 0 fully saturated rings. The van der Waals surface area contributed by atoms with E-state index in [4.69, 9.17) is 10.7 Å². The fourth-order valence-electron chi connectivity index (χ4n) is 3.43. The Kier molecular flexibility index (Phi) is 4.72. The highest BCUT2D eigenvalue weighted by atomic mass is 19.2. The van der Waals surface area contributed by atoms with E-state index in [1.807, 2.05) is 24.4 Å². The first-order valence-electron chi connectivity index (χ1n) is 9.61. The number of hydrogen-bond acceptors (Lipinski definition) is 5. The van der Waals surface area contributed by atoms with Crippen molar-refractivity contribution in [1.29, 1.82) is 0 Å². The van der Waals surface area contributed by atoms with Gasteiger partial charge in [-0.05, 0) is 36.4 Å². The van der Waals surface area contributed by atoms with Gasteiger partial charge in [-0.15, -0.1) is 0 Å². The van der Waals surface area contributed by atoms with Crippen molar-refractivity contribution >= 4 is 11.0 Å². The van der Waals surface area contributed by atoms with Gasteiger partial charge in [0.15, 0.2) is 11.6 Å². The highest BCUT2D eigenvalue weighted by Gasteiger charge is 2.15. The standard InChI is InChI=1S/C22H17F2N7/c23-17-2-1-13(7-18(17)24)22-16(11-27-30-22)19-3-4-20-21(29-19)8-14(9-26-20)15-10-28-31(12-15)6-5-25/h1-4,7-12H,5-6,25H2,(H,27,30). The number of nitrogens with two attached hydrogens (primary N) is 1. The number of nitrogens with zero attached hydrogens (tertiary/aromatic N) is 5. The van der Waals surface area contributed by atoms with Crippen molar-refractivity contribution in [3.63, 3.8) is 0 Å². The fraction of sp³-hybridized carbons (Fsp3) is 0.0909. The van der Waals surface area contributed by atoms with E-state index in [1.54, 1.807) is 23.3 Å². The molecule has 1 aromatic carbocycles.